The first kappa shape index (κ1) is 16.3. The average Bonchev–Trinajstić information content (AvgIpc) is 2.39. The molecule has 0 fully saturated rings. The second kappa shape index (κ2) is 6.58. The summed E-state index contributed by atoms with van der Waals surface area (Å²) in [7, 11) is -3.86. The van der Waals surface area contributed by atoms with Crippen LogP contribution in [0.2, 0.25) is 0 Å². The Balaban J connectivity index is 3.05. The molecule has 0 saturated carbocycles. The van der Waals surface area contributed by atoms with E-state index in [0.29, 0.717) is 0 Å². The first-order valence-electron chi connectivity index (χ1n) is 6.07. The number of likely N-dealkylation sites (N-methyl/N-ethyl adjacent to an activating group) is 1. The molecule has 0 spiro atoms. The van der Waals surface area contributed by atoms with E-state index in [1.54, 1.807) is 13.8 Å². The fourth-order valence-electron chi connectivity index (χ4n) is 1.56. The Kier molecular flexibility index (Phi) is 5.34. The number of hydrogen-bond donors (Lipinski definition) is 2. The van der Waals surface area contributed by atoms with Crippen molar-refractivity contribution in [3.05, 3.63) is 18.2 Å². The lowest BCUT2D eigenvalue weighted by molar-refractivity contribution is -0.143. The largest absolute Gasteiger partial charge is 0.506 e. The lowest BCUT2D eigenvalue weighted by Gasteiger charge is -2.19. The first-order valence-corrected chi connectivity index (χ1v) is 7.51. The van der Waals surface area contributed by atoms with E-state index in [4.69, 9.17) is 10.5 Å². The molecule has 8 heteroatoms. The van der Waals surface area contributed by atoms with Gasteiger partial charge in [-0.15, -0.1) is 0 Å². The number of carbonyl (C=O) groups is 1. The van der Waals surface area contributed by atoms with Gasteiger partial charge in [-0.3, -0.25) is 4.79 Å². The highest BCUT2D eigenvalue weighted by Gasteiger charge is 2.26. The van der Waals surface area contributed by atoms with Gasteiger partial charge in [0.15, 0.2) is 0 Å². The number of nitrogens with two attached hydrogens (primary N) is 1. The fourth-order valence-corrected chi connectivity index (χ4v) is 2.99. The van der Waals surface area contributed by atoms with Gasteiger partial charge < -0.3 is 15.6 Å². The maximum atomic E-state index is 12.3. The molecule has 112 valence electrons. The molecule has 0 saturated heterocycles. The van der Waals surface area contributed by atoms with Gasteiger partial charge in [0.05, 0.1) is 17.2 Å². The highest BCUT2D eigenvalue weighted by Crippen LogP contribution is 2.25. The number of benzene rings is 1. The first-order chi connectivity index (χ1) is 9.32. The summed E-state index contributed by atoms with van der Waals surface area (Å²) in [5, 5.41) is 9.31. The molecule has 0 atom stereocenters. The molecule has 0 unspecified atom stereocenters. The normalized spacial score (nSPS) is 11.6. The number of hydrogen-bond acceptors (Lipinski definition) is 6. The van der Waals surface area contributed by atoms with E-state index in [-0.39, 0.29) is 36.0 Å². The van der Waals surface area contributed by atoms with Gasteiger partial charge in [0.1, 0.15) is 12.3 Å². The van der Waals surface area contributed by atoms with Crippen molar-refractivity contribution >= 4 is 21.7 Å². The topological polar surface area (TPSA) is 110 Å². The van der Waals surface area contributed by atoms with Crippen LogP contribution in [0.4, 0.5) is 5.69 Å². The van der Waals surface area contributed by atoms with Crippen LogP contribution in [0.5, 0.6) is 5.75 Å². The van der Waals surface area contributed by atoms with Gasteiger partial charge in [-0.05, 0) is 25.1 Å². The zero-order valence-corrected chi connectivity index (χ0v) is 12.2. The average molecular weight is 302 g/mol. The number of nitrogen functional groups attached to an aromatic ring is 1. The summed E-state index contributed by atoms with van der Waals surface area (Å²) in [5.41, 5.74) is 5.44. The highest BCUT2D eigenvalue weighted by atomic mass is 32.2. The van der Waals surface area contributed by atoms with Gasteiger partial charge >= 0.3 is 5.97 Å². The number of phenols is 1. The maximum Gasteiger partial charge on any atom is 0.321 e. The molecule has 0 aliphatic heterocycles. The van der Waals surface area contributed by atoms with Crippen molar-refractivity contribution in [1.82, 2.24) is 4.31 Å². The summed E-state index contributed by atoms with van der Waals surface area (Å²) in [6.45, 7) is 3.18. The van der Waals surface area contributed by atoms with Crippen molar-refractivity contribution < 1.29 is 23.1 Å². The van der Waals surface area contributed by atoms with Crippen LogP contribution in [-0.2, 0) is 19.6 Å². The van der Waals surface area contributed by atoms with E-state index >= 15 is 0 Å². The molecule has 0 aliphatic rings. The van der Waals surface area contributed by atoms with E-state index in [1.807, 2.05) is 0 Å². The number of rotatable bonds is 6. The standard InChI is InChI=1S/C12H18N2O5S/c1-3-14(8-12(16)19-4-2)20(17,18)9-5-6-11(15)10(13)7-9/h5-7,15H,3-4,8,13H2,1-2H3. The van der Waals surface area contributed by atoms with Crippen LogP contribution in [0.15, 0.2) is 23.1 Å². The van der Waals surface area contributed by atoms with Gasteiger partial charge in [0.2, 0.25) is 10.0 Å². The predicted octanol–water partition coefficient (Wildman–Crippen LogP) is 0.548. The summed E-state index contributed by atoms with van der Waals surface area (Å²) < 4.78 is 30.4. The molecule has 20 heavy (non-hydrogen) atoms. The van der Waals surface area contributed by atoms with Crippen molar-refractivity contribution in [1.29, 1.82) is 0 Å². The minimum atomic E-state index is -3.86. The van der Waals surface area contributed by atoms with Gasteiger partial charge in [0, 0.05) is 6.54 Å². The molecular formula is C12H18N2O5S. The molecule has 0 amide bonds. The number of esters is 1. The molecule has 7 nitrogen and oxygen atoms in total. The Morgan fingerprint density at radius 1 is 1.40 bits per heavy atom. The number of nitrogens with zero attached hydrogens (tertiary/aromatic N) is 1. The van der Waals surface area contributed by atoms with E-state index in [2.05, 4.69) is 0 Å². The van der Waals surface area contributed by atoms with Crippen molar-refractivity contribution in [3.63, 3.8) is 0 Å². The zero-order chi connectivity index (χ0) is 15.3. The van der Waals surface area contributed by atoms with Gasteiger partial charge in [-0.25, -0.2) is 8.42 Å². The van der Waals surface area contributed by atoms with Crippen LogP contribution < -0.4 is 5.73 Å². The molecule has 1 aromatic rings. The van der Waals surface area contributed by atoms with E-state index < -0.39 is 16.0 Å². The summed E-state index contributed by atoms with van der Waals surface area (Å²) >= 11 is 0. The number of sulfonamides is 1. The third-order valence-corrected chi connectivity index (χ3v) is 4.52. The molecule has 0 aromatic heterocycles. The number of anilines is 1. The Morgan fingerprint density at radius 3 is 2.55 bits per heavy atom. The number of phenolic OH excluding ortho intramolecular Hbond substituents is 1. The molecule has 0 heterocycles. The van der Waals surface area contributed by atoms with Crippen LogP contribution in [0.3, 0.4) is 0 Å². The van der Waals surface area contributed by atoms with Crippen LogP contribution in [-0.4, -0.2) is 43.5 Å². The van der Waals surface area contributed by atoms with E-state index in [9.17, 15) is 18.3 Å². The van der Waals surface area contributed by atoms with Gasteiger partial charge in [0.25, 0.3) is 0 Å². The Hall–Kier alpha value is -1.80. The Bertz CT molecular complexity index is 586. The number of aromatic hydroxyl groups is 1. The second-order valence-corrected chi connectivity index (χ2v) is 5.89. The van der Waals surface area contributed by atoms with Gasteiger partial charge in [-0.2, -0.15) is 4.31 Å². The molecule has 0 radical (unpaired) electrons. The molecule has 0 bridgehead atoms. The van der Waals surface area contributed by atoms with Crippen LogP contribution >= 0.6 is 0 Å². The smallest absolute Gasteiger partial charge is 0.321 e. The van der Waals surface area contributed by atoms with E-state index in [1.165, 1.54) is 12.1 Å². The molecule has 1 aromatic carbocycles. The summed E-state index contributed by atoms with van der Waals surface area (Å²) in [5.74, 6) is -0.818. The summed E-state index contributed by atoms with van der Waals surface area (Å²) in [4.78, 5) is 11.3. The SMILES string of the molecule is CCOC(=O)CN(CC)S(=O)(=O)c1ccc(O)c(N)c1. The lowest BCUT2D eigenvalue weighted by atomic mass is 10.3. The molecule has 3 N–H and O–H groups in total. The van der Waals surface area contributed by atoms with Crippen LogP contribution in [0.25, 0.3) is 0 Å². The Labute approximate surface area is 118 Å². The van der Waals surface area contributed by atoms with Crippen LogP contribution in [0, 0.1) is 0 Å². The Morgan fingerprint density at radius 2 is 2.05 bits per heavy atom. The third kappa shape index (κ3) is 3.61. The van der Waals surface area contributed by atoms with E-state index in [0.717, 1.165) is 10.4 Å². The number of ether oxygens (including phenoxy) is 1. The third-order valence-electron chi connectivity index (χ3n) is 2.60. The fraction of sp³-hybridized carbons (Fsp3) is 0.417. The van der Waals surface area contributed by atoms with Crippen LogP contribution in [0.1, 0.15) is 13.8 Å². The van der Waals surface area contributed by atoms with Gasteiger partial charge in [-0.1, -0.05) is 6.92 Å². The van der Waals surface area contributed by atoms with Crippen molar-refractivity contribution in [2.75, 3.05) is 25.4 Å². The molecular weight excluding hydrogens is 284 g/mol. The predicted molar refractivity (Wildman–Crippen MR) is 73.6 cm³/mol. The van der Waals surface area contributed by atoms with Crippen molar-refractivity contribution in [2.24, 2.45) is 0 Å². The highest BCUT2D eigenvalue weighted by molar-refractivity contribution is 7.89. The summed E-state index contributed by atoms with van der Waals surface area (Å²) in [6, 6.07) is 3.58. The molecule has 0 aliphatic carbocycles. The minimum Gasteiger partial charge on any atom is -0.506 e. The quantitative estimate of drug-likeness (QED) is 0.451. The van der Waals surface area contributed by atoms with Crippen molar-refractivity contribution in [2.45, 2.75) is 18.7 Å². The molecule has 1 rings (SSSR count). The second-order valence-electron chi connectivity index (χ2n) is 3.96. The summed E-state index contributed by atoms with van der Waals surface area (Å²) in [6.07, 6.45) is 0. The van der Waals surface area contributed by atoms with Crippen molar-refractivity contribution in [3.8, 4) is 5.75 Å². The maximum absolute atomic E-state index is 12.3. The lowest BCUT2D eigenvalue weighted by Crippen LogP contribution is -2.36. The monoisotopic (exact) mass is 302 g/mol. The zero-order valence-electron chi connectivity index (χ0n) is 11.4. The minimum absolute atomic E-state index is 0.0433. The number of carbonyl (C=O) groups excluding carboxylic acids is 1.